The number of halogens is 1. The van der Waals surface area contributed by atoms with E-state index in [-0.39, 0.29) is 24.2 Å². The Hall–Kier alpha value is -1.99. The Morgan fingerprint density at radius 1 is 1.32 bits per heavy atom. The monoisotopic (exact) mass is 279 g/mol. The van der Waals surface area contributed by atoms with Crippen LogP contribution in [0.1, 0.15) is 18.9 Å². The Labute approximate surface area is 117 Å². The molecule has 0 aliphatic heterocycles. The Bertz CT molecular complexity index is 500. The molecule has 4 nitrogen and oxygen atoms in total. The highest BCUT2D eigenvalue weighted by Gasteiger charge is 1.99. The molecular weight excluding hydrogens is 266 g/mol. The molecule has 1 N–H and O–H groups in total. The van der Waals surface area contributed by atoms with E-state index in [0.717, 1.165) is 5.56 Å². The molecule has 19 heavy (non-hydrogen) atoms. The van der Waals surface area contributed by atoms with Gasteiger partial charge in [-0.05, 0) is 31.2 Å². The molecule has 100 valence electrons. The van der Waals surface area contributed by atoms with Gasteiger partial charge >= 0.3 is 5.97 Å². The molecule has 0 saturated carbocycles. The van der Waals surface area contributed by atoms with Crippen LogP contribution in [0.5, 0.6) is 0 Å². The first-order valence-corrected chi connectivity index (χ1v) is 6.29. The van der Waals surface area contributed by atoms with Crippen molar-refractivity contribution >= 4 is 29.2 Å². The van der Waals surface area contributed by atoms with Gasteiger partial charge in [-0.3, -0.25) is 9.59 Å². The fourth-order valence-corrected chi connectivity index (χ4v) is 1.33. The maximum absolute atomic E-state index is 11.1. The first-order chi connectivity index (χ1) is 9.15. The van der Waals surface area contributed by atoms with Gasteiger partial charge in [0.25, 0.3) is 0 Å². The maximum Gasteiger partial charge on any atom is 0.317 e. The van der Waals surface area contributed by atoms with E-state index in [9.17, 15) is 9.59 Å². The Kier molecular flexibility index (Phi) is 6.48. The van der Waals surface area contributed by atoms with Crippen molar-refractivity contribution in [1.29, 1.82) is 0 Å². The van der Waals surface area contributed by atoms with Gasteiger partial charge in [0.05, 0.1) is 6.61 Å². The number of alkyl halides is 1. The smallest absolute Gasteiger partial charge is 0.317 e. The van der Waals surface area contributed by atoms with Gasteiger partial charge < -0.3 is 10.1 Å². The van der Waals surface area contributed by atoms with Crippen LogP contribution in [-0.2, 0) is 14.3 Å². The van der Waals surface area contributed by atoms with Gasteiger partial charge in [0.1, 0.15) is 12.3 Å². The molecule has 0 saturated heterocycles. The first kappa shape index (κ1) is 15.1. The van der Waals surface area contributed by atoms with Crippen LogP contribution < -0.4 is 5.32 Å². The second kappa shape index (κ2) is 8.17. The number of esters is 1. The summed E-state index contributed by atoms with van der Waals surface area (Å²) >= 11 is 5.38. The van der Waals surface area contributed by atoms with E-state index in [4.69, 9.17) is 16.3 Å². The number of carbonyl (C=O) groups excluding carboxylic acids is 2. The number of hydrogen-bond donors (Lipinski definition) is 1. The molecule has 0 bridgehead atoms. The number of anilines is 1. The average molecular weight is 280 g/mol. The van der Waals surface area contributed by atoms with Crippen LogP contribution in [0.2, 0.25) is 0 Å². The SMILES string of the molecule is CCOC(=O)CC#Cc1ccc(NC(=O)CCl)cc1. The summed E-state index contributed by atoms with van der Waals surface area (Å²) in [5.41, 5.74) is 1.41. The Morgan fingerprint density at radius 3 is 2.58 bits per heavy atom. The summed E-state index contributed by atoms with van der Waals surface area (Å²) in [4.78, 5) is 22.1. The fourth-order valence-electron chi connectivity index (χ4n) is 1.26. The molecule has 0 aliphatic rings. The van der Waals surface area contributed by atoms with Crippen molar-refractivity contribution in [1.82, 2.24) is 0 Å². The standard InChI is InChI=1S/C14H14ClNO3/c1-2-19-14(18)5-3-4-11-6-8-12(9-7-11)16-13(17)10-15/h6-9H,2,5,10H2,1H3,(H,16,17). The average Bonchev–Trinajstić information content (AvgIpc) is 2.41. The van der Waals surface area contributed by atoms with Crippen molar-refractivity contribution in [2.45, 2.75) is 13.3 Å². The van der Waals surface area contributed by atoms with Crippen molar-refractivity contribution in [2.75, 3.05) is 17.8 Å². The lowest BCUT2D eigenvalue weighted by Gasteiger charge is -2.02. The maximum atomic E-state index is 11.1. The van der Waals surface area contributed by atoms with E-state index < -0.39 is 0 Å². The molecule has 0 radical (unpaired) electrons. The predicted molar refractivity (Wildman–Crippen MR) is 73.9 cm³/mol. The Balaban J connectivity index is 2.55. The van der Waals surface area contributed by atoms with Gasteiger partial charge in [-0.25, -0.2) is 0 Å². The molecule has 0 fully saturated rings. The minimum absolute atomic E-state index is 0.0680. The predicted octanol–water partition coefficient (Wildman–Crippen LogP) is 2.17. The lowest BCUT2D eigenvalue weighted by Crippen LogP contribution is -2.12. The van der Waals surface area contributed by atoms with Crippen LogP contribution in [0.4, 0.5) is 5.69 Å². The van der Waals surface area contributed by atoms with Crippen LogP contribution in [0, 0.1) is 11.8 Å². The summed E-state index contributed by atoms with van der Waals surface area (Å²) in [6.45, 7) is 2.11. The number of benzene rings is 1. The molecule has 0 aliphatic carbocycles. The largest absolute Gasteiger partial charge is 0.465 e. The minimum atomic E-state index is -0.332. The van der Waals surface area contributed by atoms with Crippen LogP contribution in [0.15, 0.2) is 24.3 Å². The van der Waals surface area contributed by atoms with Gasteiger partial charge in [0, 0.05) is 11.3 Å². The highest BCUT2D eigenvalue weighted by Crippen LogP contribution is 2.08. The number of ether oxygens (including phenoxy) is 1. The Morgan fingerprint density at radius 2 is 2.00 bits per heavy atom. The fraction of sp³-hybridized carbons (Fsp3) is 0.286. The molecule has 1 rings (SSSR count). The highest BCUT2D eigenvalue weighted by atomic mass is 35.5. The molecule has 5 heteroatoms. The van der Waals surface area contributed by atoms with Gasteiger partial charge in [-0.15, -0.1) is 11.6 Å². The number of amides is 1. The molecular formula is C14H14ClNO3. The minimum Gasteiger partial charge on any atom is -0.465 e. The molecule has 1 amide bonds. The van der Waals surface area contributed by atoms with E-state index in [1.807, 2.05) is 0 Å². The lowest BCUT2D eigenvalue weighted by atomic mass is 10.2. The topological polar surface area (TPSA) is 55.4 Å². The summed E-state index contributed by atoms with van der Waals surface area (Å²) in [5, 5.41) is 2.62. The molecule has 1 aromatic rings. The van der Waals surface area contributed by atoms with Gasteiger partial charge in [0.15, 0.2) is 0 Å². The van der Waals surface area contributed by atoms with Gasteiger partial charge in [-0.2, -0.15) is 0 Å². The number of hydrogen-bond acceptors (Lipinski definition) is 3. The van der Waals surface area contributed by atoms with E-state index in [0.29, 0.717) is 12.3 Å². The molecule has 1 aromatic carbocycles. The second-order valence-corrected chi connectivity index (χ2v) is 3.81. The zero-order valence-electron chi connectivity index (χ0n) is 10.5. The molecule has 0 unspecified atom stereocenters. The quantitative estimate of drug-likeness (QED) is 0.522. The summed E-state index contributed by atoms with van der Waals surface area (Å²) in [7, 11) is 0. The zero-order chi connectivity index (χ0) is 14.1. The van der Waals surface area contributed by atoms with Crippen molar-refractivity contribution in [3.63, 3.8) is 0 Å². The second-order valence-electron chi connectivity index (χ2n) is 3.54. The van der Waals surface area contributed by atoms with Crippen molar-refractivity contribution in [2.24, 2.45) is 0 Å². The third kappa shape index (κ3) is 5.94. The third-order valence-electron chi connectivity index (χ3n) is 2.06. The van der Waals surface area contributed by atoms with E-state index in [1.54, 1.807) is 31.2 Å². The van der Waals surface area contributed by atoms with E-state index in [1.165, 1.54) is 0 Å². The van der Waals surface area contributed by atoms with Crippen LogP contribution in [0.3, 0.4) is 0 Å². The summed E-state index contributed by atoms with van der Waals surface area (Å²) in [5.74, 6) is 4.89. The van der Waals surface area contributed by atoms with Crippen LogP contribution in [0.25, 0.3) is 0 Å². The van der Waals surface area contributed by atoms with Gasteiger partial charge in [0.2, 0.25) is 5.91 Å². The summed E-state index contributed by atoms with van der Waals surface area (Å²) < 4.78 is 4.75. The first-order valence-electron chi connectivity index (χ1n) is 5.76. The van der Waals surface area contributed by atoms with Crippen LogP contribution >= 0.6 is 11.6 Å². The molecule has 0 spiro atoms. The highest BCUT2D eigenvalue weighted by molar-refractivity contribution is 6.29. The molecule has 0 atom stereocenters. The zero-order valence-corrected chi connectivity index (χ0v) is 11.3. The van der Waals surface area contributed by atoms with E-state index in [2.05, 4.69) is 17.2 Å². The van der Waals surface area contributed by atoms with Crippen LogP contribution in [-0.4, -0.2) is 24.4 Å². The summed E-state index contributed by atoms with van der Waals surface area (Å²) in [6, 6.07) is 6.95. The van der Waals surface area contributed by atoms with E-state index >= 15 is 0 Å². The molecule has 0 aromatic heterocycles. The number of nitrogens with one attached hydrogen (secondary N) is 1. The van der Waals surface area contributed by atoms with Crippen molar-refractivity contribution in [3.8, 4) is 11.8 Å². The number of rotatable bonds is 4. The molecule has 0 heterocycles. The lowest BCUT2D eigenvalue weighted by molar-refractivity contribution is -0.141. The summed E-state index contributed by atoms with van der Waals surface area (Å²) in [6.07, 6.45) is 0.0680. The van der Waals surface area contributed by atoms with Crippen molar-refractivity contribution in [3.05, 3.63) is 29.8 Å². The van der Waals surface area contributed by atoms with Gasteiger partial charge in [-0.1, -0.05) is 11.8 Å². The van der Waals surface area contributed by atoms with Crippen molar-refractivity contribution < 1.29 is 14.3 Å². The number of carbonyl (C=O) groups is 2. The normalized spacial score (nSPS) is 9.16. The third-order valence-corrected chi connectivity index (χ3v) is 2.30.